The number of hydrogen-bond donors (Lipinski definition) is 1. The fourth-order valence-corrected chi connectivity index (χ4v) is 3.40. The van der Waals surface area contributed by atoms with E-state index in [2.05, 4.69) is 30.0 Å². The SMILES string of the molecule is CCOC(=O)c1cnc(N2CCN(CCOCCN3CCNCC3)CC2)nc1.Cl. The Bertz CT molecular complexity index is 592. The Morgan fingerprint density at radius 2 is 1.59 bits per heavy atom. The van der Waals surface area contributed by atoms with Crippen LogP contribution in [0.15, 0.2) is 12.4 Å². The van der Waals surface area contributed by atoms with Crippen LogP contribution in [0.2, 0.25) is 0 Å². The minimum absolute atomic E-state index is 0. The topological polar surface area (TPSA) is 83.1 Å². The molecule has 29 heavy (non-hydrogen) atoms. The lowest BCUT2D eigenvalue weighted by atomic mass is 10.3. The van der Waals surface area contributed by atoms with Crippen molar-refractivity contribution in [2.24, 2.45) is 0 Å². The van der Waals surface area contributed by atoms with Crippen LogP contribution in [0.4, 0.5) is 5.95 Å². The van der Waals surface area contributed by atoms with Crippen molar-refractivity contribution in [1.29, 1.82) is 0 Å². The first-order chi connectivity index (χ1) is 13.8. The fraction of sp³-hybridized carbons (Fsp3) is 0.737. The van der Waals surface area contributed by atoms with Gasteiger partial charge in [0.25, 0.3) is 0 Å². The number of anilines is 1. The van der Waals surface area contributed by atoms with Gasteiger partial charge in [-0.05, 0) is 6.92 Å². The standard InChI is InChI=1S/C19H32N6O3.ClH/c1-2-28-18(26)17-15-21-19(22-16-17)25-9-7-24(8-10-25)12-14-27-13-11-23-5-3-20-4-6-23;/h15-16,20H,2-14H2,1H3;1H. The van der Waals surface area contributed by atoms with Crippen LogP contribution in [-0.2, 0) is 9.47 Å². The quantitative estimate of drug-likeness (QED) is 0.435. The van der Waals surface area contributed by atoms with E-state index >= 15 is 0 Å². The van der Waals surface area contributed by atoms with Crippen molar-refractivity contribution in [3.8, 4) is 0 Å². The molecule has 0 aromatic carbocycles. The maximum Gasteiger partial charge on any atom is 0.341 e. The van der Waals surface area contributed by atoms with Gasteiger partial charge in [0.05, 0.1) is 25.4 Å². The molecule has 2 aliphatic rings. The molecule has 9 nitrogen and oxygen atoms in total. The number of hydrogen-bond acceptors (Lipinski definition) is 9. The Morgan fingerprint density at radius 3 is 2.17 bits per heavy atom. The van der Waals surface area contributed by atoms with Crippen LogP contribution in [0.25, 0.3) is 0 Å². The highest BCUT2D eigenvalue weighted by atomic mass is 35.5. The van der Waals surface area contributed by atoms with E-state index in [1.54, 1.807) is 19.3 Å². The first kappa shape index (κ1) is 23.8. The molecule has 0 unspecified atom stereocenters. The van der Waals surface area contributed by atoms with Crippen LogP contribution in [0, 0.1) is 0 Å². The van der Waals surface area contributed by atoms with Gasteiger partial charge in [-0.2, -0.15) is 0 Å². The molecule has 0 saturated carbocycles. The summed E-state index contributed by atoms with van der Waals surface area (Å²) >= 11 is 0. The van der Waals surface area contributed by atoms with Gasteiger partial charge in [-0.25, -0.2) is 14.8 Å². The summed E-state index contributed by atoms with van der Waals surface area (Å²) in [5.74, 6) is 0.288. The molecular formula is C19H33ClN6O3. The third kappa shape index (κ3) is 7.67. The van der Waals surface area contributed by atoms with Gasteiger partial charge in [-0.3, -0.25) is 9.80 Å². The molecular weight excluding hydrogens is 396 g/mol. The normalized spacial score (nSPS) is 18.3. The average Bonchev–Trinajstić information content (AvgIpc) is 2.75. The smallest absolute Gasteiger partial charge is 0.341 e. The Balaban J connectivity index is 0.00000300. The summed E-state index contributed by atoms with van der Waals surface area (Å²) in [5, 5.41) is 3.36. The van der Waals surface area contributed by atoms with E-state index in [0.717, 1.165) is 78.7 Å². The van der Waals surface area contributed by atoms with Crippen molar-refractivity contribution < 1.29 is 14.3 Å². The highest BCUT2D eigenvalue weighted by Gasteiger charge is 2.19. The molecule has 164 valence electrons. The number of piperazine rings is 2. The number of aromatic nitrogens is 2. The highest BCUT2D eigenvalue weighted by Crippen LogP contribution is 2.11. The second-order valence-corrected chi connectivity index (χ2v) is 7.02. The van der Waals surface area contributed by atoms with E-state index in [1.807, 2.05) is 0 Å². The van der Waals surface area contributed by atoms with Crippen molar-refractivity contribution in [2.45, 2.75) is 6.92 Å². The predicted molar refractivity (Wildman–Crippen MR) is 114 cm³/mol. The number of halogens is 1. The molecule has 2 aliphatic heterocycles. The van der Waals surface area contributed by atoms with Gasteiger partial charge in [0, 0.05) is 77.8 Å². The molecule has 1 N–H and O–H groups in total. The predicted octanol–water partition coefficient (Wildman–Crippen LogP) is 0.119. The molecule has 1 aromatic rings. The molecule has 2 fully saturated rings. The largest absolute Gasteiger partial charge is 0.462 e. The first-order valence-corrected chi connectivity index (χ1v) is 10.2. The lowest BCUT2D eigenvalue weighted by molar-refractivity contribution is 0.0525. The van der Waals surface area contributed by atoms with Gasteiger partial charge in [0.2, 0.25) is 5.95 Å². The molecule has 0 spiro atoms. The van der Waals surface area contributed by atoms with Crippen LogP contribution in [0.1, 0.15) is 17.3 Å². The minimum atomic E-state index is -0.379. The number of carbonyl (C=O) groups is 1. The van der Waals surface area contributed by atoms with Crippen LogP contribution >= 0.6 is 12.4 Å². The summed E-state index contributed by atoms with van der Waals surface area (Å²) in [7, 11) is 0. The fourth-order valence-electron chi connectivity index (χ4n) is 3.40. The van der Waals surface area contributed by atoms with Crippen molar-refractivity contribution in [3.05, 3.63) is 18.0 Å². The number of rotatable bonds is 9. The van der Waals surface area contributed by atoms with Gasteiger partial charge < -0.3 is 19.7 Å². The molecule has 3 heterocycles. The van der Waals surface area contributed by atoms with Crippen LogP contribution in [0.3, 0.4) is 0 Å². The summed E-state index contributed by atoms with van der Waals surface area (Å²) in [6.45, 7) is 13.8. The maximum absolute atomic E-state index is 11.7. The highest BCUT2D eigenvalue weighted by molar-refractivity contribution is 5.88. The van der Waals surface area contributed by atoms with Gasteiger partial charge in [-0.15, -0.1) is 12.4 Å². The van der Waals surface area contributed by atoms with Crippen molar-refractivity contribution in [3.63, 3.8) is 0 Å². The maximum atomic E-state index is 11.7. The Hall–Kier alpha value is -1.52. The Morgan fingerprint density at radius 1 is 1.00 bits per heavy atom. The second kappa shape index (κ2) is 12.9. The first-order valence-electron chi connectivity index (χ1n) is 10.2. The van der Waals surface area contributed by atoms with Gasteiger partial charge in [-0.1, -0.05) is 0 Å². The van der Waals surface area contributed by atoms with E-state index in [-0.39, 0.29) is 18.4 Å². The third-order valence-electron chi connectivity index (χ3n) is 5.12. The zero-order chi connectivity index (χ0) is 19.6. The average molecular weight is 429 g/mol. The van der Waals surface area contributed by atoms with E-state index in [0.29, 0.717) is 18.1 Å². The zero-order valence-corrected chi connectivity index (χ0v) is 18.0. The molecule has 0 amide bonds. The molecule has 10 heteroatoms. The summed E-state index contributed by atoms with van der Waals surface area (Å²) in [6, 6.07) is 0. The number of esters is 1. The van der Waals surface area contributed by atoms with Crippen molar-refractivity contribution in [1.82, 2.24) is 25.1 Å². The molecule has 1 aromatic heterocycles. The van der Waals surface area contributed by atoms with Crippen LogP contribution in [-0.4, -0.2) is 111 Å². The molecule has 2 saturated heterocycles. The van der Waals surface area contributed by atoms with Gasteiger partial charge in [0.15, 0.2) is 0 Å². The van der Waals surface area contributed by atoms with Crippen molar-refractivity contribution in [2.75, 3.05) is 90.2 Å². The van der Waals surface area contributed by atoms with E-state index in [9.17, 15) is 4.79 Å². The zero-order valence-electron chi connectivity index (χ0n) is 17.2. The molecule has 3 rings (SSSR count). The number of carbonyl (C=O) groups excluding carboxylic acids is 1. The molecule has 0 atom stereocenters. The molecule has 0 bridgehead atoms. The lowest BCUT2D eigenvalue weighted by Gasteiger charge is -2.34. The Kier molecular flexibility index (Phi) is 10.6. The summed E-state index contributed by atoms with van der Waals surface area (Å²) < 4.78 is 10.8. The summed E-state index contributed by atoms with van der Waals surface area (Å²) in [5.41, 5.74) is 0.391. The van der Waals surface area contributed by atoms with Gasteiger partial charge in [0.1, 0.15) is 0 Å². The Labute approximate surface area is 179 Å². The monoisotopic (exact) mass is 428 g/mol. The van der Waals surface area contributed by atoms with Crippen LogP contribution in [0.5, 0.6) is 0 Å². The minimum Gasteiger partial charge on any atom is -0.462 e. The molecule has 0 aliphatic carbocycles. The van der Waals surface area contributed by atoms with E-state index in [1.165, 1.54) is 0 Å². The summed E-state index contributed by atoms with van der Waals surface area (Å²) in [6.07, 6.45) is 3.08. The number of nitrogens with zero attached hydrogens (tertiary/aromatic N) is 5. The summed E-state index contributed by atoms with van der Waals surface area (Å²) in [4.78, 5) is 27.3. The second-order valence-electron chi connectivity index (χ2n) is 7.02. The van der Waals surface area contributed by atoms with E-state index < -0.39 is 0 Å². The van der Waals surface area contributed by atoms with Crippen LogP contribution < -0.4 is 10.2 Å². The molecule has 0 radical (unpaired) electrons. The van der Waals surface area contributed by atoms with E-state index in [4.69, 9.17) is 9.47 Å². The lowest BCUT2D eigenvalue weighted by Crippen LogP contribution is -2.48. The van der Waals surface area contributed by atoms with Gasteiger partial charge >= 0.3 is 5.97 Å². The third-order valence-corrected chi connectivity index (χ3v) is 5.12. The number of nitrogens with one attached hydrogen (secondary N) is 1. The van der Waals surface area contributed by atoms with Crippen molar-refractivity contribution >= 4 is 24.3 Å². The number of ether oxygens (including phenoxy) is 2.